The minimum absolute atomic E-state index is 0.154. The molecular formula is C13H20N2O3S2. The molecule has 0 aromatic heterocycles. The van der Waals surface area contributed by atoms with Gasteiger partial charge in [-0.2, -0.15) is 16.1 Å². The SMILES string of the molecule is CCC1CN(S(=O)(=O)c2cc(N)ccc2OC)CCS1. The van der Waals surface area contributed by atoms with E-state index in [1.165, 1.54) is 17.5 Å². The van der Waals surface area contributed by atoms with E-state index < -0.39 is 10.0 Å². The van der Waals surface area contributed by atoms with Crippen LogP contribution in [0.1, 0.15) is 13.3 Å². The Kier molecular flexibility index (Phi) is 4.82. The van der Waals surface area contributed by atoms with Crippen LogP contribution in [0.15, 0.2) is 23.1 Å². The van der Waals surface area contributed by atoms with Crippen LogP contribution in [0.25, 0.3) is 0 Å². The molecule has 7 heteroatoms. The van der Waals surface area contributed by atoms with Crippen molar-refractivity contribution in [1.29, 1.82) is 0 Å². The number of nitrogens with two attached hydrogens (primary N) is 1. The lowest BCUT2D eigenvalue weighted by Gasteiger charge is -2.31. The van der Waals surface area contributed by atoms with E-state index in [4.69, 9.17) is 10.5 Å². The van der Waals surface area contributed by atoms with Crippen molar-refractivity contribution in [2.45, 2.75) is 23.5 Å². The van der Waals surface area contributed by atoms with E-state index >= 15 is 0 Å². The summed E-state index contributed by atoms with van der Waals surface area (Å²) in [5, 5.41) is 0.352. The zero-order valence-electron chi connectivity index (χ0n) is 11.7. The summed E-state index contributed by atoms with van der Waals surface area (Å²) in [4.78, 5) is 0.154. The molecule has 1 fully saturated rings. The van der Waals surface area contributed by atoms with E-state index in [0.29, 0.717) is 29.8 Å². The first-order valence-electron chi connectivity index (χ1n) is 6.54. The van der Waals surface area contributed by atoms with Crippen molar-refractivity contribution in [1.82, 2.24) is 4.31 Å². The molecule has 1 saturated heterocycles. The molecule has 1 aliphatic heterocycles. The van der Waals surface area contributed by atoms with Crippen molar-refractivity contribution in [2.75, 3.05) is 31.7 Å². The smallest absolute Gasteiger partial charge is 0.246 e. The number of ether oxygens (including phenoxy) is 1. The highest BCUT2D eigenvalue weighted by Gasteiger charge is 2.32. The molecule has 1 heterocycles. The molecule has 1 unspecified atom stereocenters. The molecule has 2 N–H and O–H groups in total. The lowest BCUT2D eigenvalue weighted by molar-refractivity contribution is 0.390. The van der Waals surface area contributed by atoms with E-state index in [1.807, 2.05) is 11.8 Å². The largest absolute Gasteiger partial charge is 0.495 e. The van der Waals surface area contributed by atoms with Gasteiger partial charge in [0.15, 0.2) is 0 Å². The average molecular weight is 316 g/mol. The average Bonchev–Trinajstić information content (AvgIpc) is 2.47. The van der Waals surface area contributed by atoms with Crippen LogP contribution in [-0.4, -0.2) is 43.9 Å². The molecule has 0 aliphatic carbocycles. The van der Waals surface area contributed by atoms with Gasteiger partial charge in [0, 0.05) is 29.8 Å². The fraction of sp³-hybridized carbons (Fsp3) is 0.538. The summed E-state index contributed by atoms with van der Waals surface area (Å²) in [5.74, 6) is 1.16. The highest BCUT2D eigenvalue weighted by Crippen LogP contribution is 2.31. The van der Waals surface area contributed by atoms with Crippen molar-refractivity contribution in [3.63, 3.8) is 0 Å². The van der Waals surface area contributed by atoms with Gasteiger partial charge in [0.2, 0.25) is 10.0 Å². The molecule has 1 atom stereocenters. The first-order chi connectivity index (χ1) is 9.48. The number of methoxy groups -OCH3 is 1. The lowest BCUT2D eigenvalue weighted by atomic mass is 10.3. The third-order valence-corrected chi connectivity index (χ3v) is 6.62. The van der Waals surface area contributed by atoms with Gasteiger partial charge in [-0.05, 0) is 24.6 Å². The molecule has 0 bridgehead atoms. The number of sulfonamides is 1. The molecule has 112 valence electrons. The Morgan fingerprint density at radius 3 is 2.90 bits per heavy atom. The van der Waals surface area contributed by atoms with Gasteiger partial charge >= 0.3 is 0 Å². The molecule has 1 aliphatic rings. The molecule has 0 amide bonds. The van der Waals surface area contributed by atoms with Crippen LogP contribution >= 0.6 is 11.8 Å². The van der Waals surface area contributed by atoms with Crippen LogP contribution < -0.4 is 10.5 Å². The minimum Gasteiger partial charge on any atom is -0.495 e. The van der Waals surface area contributed by atoms with Crippen molar-refractivity contribution >= 4 is 27.5 Å². The summed E-state index contributed by atoms with van der Waals surface area (Å²) in [5.41, 5.74) is 6.14. The van der Waals surface area contributed by atoms with Gasteiger partial charge < -0.3 is 10.5 Å². The number of thioether (sulfide) groups is 1. The van der Waals surface area contributed by atoms with Crippen LogP contribution in [0, 0.1) is 0 Å². The van der Waals surface area contributed by atoms with Crippen molar-refractivity contribution in [3.8, 4) is 5.75 Å². The third kappa shape index (κ3) is 3.05. The van der Waals surface area contributed by atoms with Crippen LogP contribution in [0.2, 0.25) is 0 Å². The van der Waals surface area contributed by atoms with Crippen molar-refractivity contribution in [2.24, 2.45) is 0 Å². The summed E-state index contributed by atoms with van der Waals surface area (Å²) >= 11 is 1.83. The van der Waals surface area contributed by atoms with Crippen LogP contribution in [0.5, 0.6) is 5.75 Å². The molecular weight excluding hydrogens is 296 g/mol. The Labute approximate surface area is 124 Å². The molecule has 5 nitrogen and oxygen atoms in total. The first kappa shape index (κ1) is 15.5. The van der Waals surface area contributed by atoms with E-state index in [2.05, 4.69) is 6.92 Å². The summed E-state index contributed by atoms with van der Waals surface area (Å²) in [7, 11) is -2.09. The normalized spacial score (nSPS) is 20.8. The second-order valence-corrected chi connectivity index (χ2v) is 7.99. The Morgan fingerprint density at radius 2 is 2.25 bits per heavy atom. The highest BCUT2D eigenvalue weighted by atomic mass is 32.2. The molecule has 2 rings (SSSR count). The lowest BCUT2D eigenvalue weighted by Crippen LogP contribution is -2.41. The maximum Gasteiger partial charge on any atom is 0.246 e. The molecule has 1 aromatic rings. The second-order valence-electron chi connectivity index (χ2n) is 4.67. The first-order valence-corrected chi connectivity index (χ1v) is 9.03. The van der Waals surface area contributed by atoms with Crippen LogP contribution in [0.3, 0.4) is 0 Å². The molecule has 0 radical (unpaired) electrons. The molecule has 20 heavy (non-hydrogen) atoms. The third-order valence-electron chi connectivity index (χ3n) is 3.36. The van der Waals surface area contributed by atoms with Gasteiger partial charge in [0.05, 0.1) is 7.11 Å². The number of nitrogen functional groups attached to an aromatic ring is 1. The number of hydrogen-bond donors (Lipinski definition) is 1. The minimum atomic E-state index is -3.56. The van der Waals surface area contributed by atoms with Crippen LogP contribution in [-0.2, 0) is 10.0 Å². The summed E-state index contributed by atoms with van der Waals surface area (Å²) in [6.45, 7) is 3.15. The summed E-state index contributed by atoms with van der Waals surface area (Å²) in [6.07, 6.45) is 0.963. The maximum absolute atomic E-state index is 12.8. The quantitative estimate of drug-likeness (QED) is 0.858. The predicted molar refractivity (Wildman–Crippen MR) is 82.7 cm³/mol. The van der Waals surface area contributed by atoms with Gasteiger partial charge in [0.25, 0.3) is 0 Å². The Morgan fingerprint density at radius 1 is 1.50 bits per heavy atom. The Balaban J connectivity index is 2.37. The number of hydrogen-bond acceptors (Lipinski definition) is 5. The molecule has 0 saturated carbocycles. The zero-order chi connectivity index (χ0) is 14.8. The second kappa shape index (κ2) is 6.24. The van der Waals surface area contributed by atoms with Gasteiger partial charge in [-0.25, -0.2) is 8.42 Å². The fourth-order valence-electron chi connectivity index (χ4n) is 2.19. The van der Waals surface area contributed by atoms with E-state index in [9.17, 15) is 8.42 Å². The van der Waals surface area contributed by atoms with E-state index in [-0.39, 0.29) is 4.90 Å². The van der Waals surface area contributed by atoms with Gasteiger partial charge in [0.1, 0.15) is 10.6 Å². The fourth-order valence-corrected chi connectivity index (χ4v) is 5.26. The highest BCUT2D eigenvalue weighted by molar-refractivity contribution is 8.00. The number of rotatable bonds is 4. The zero-order valence-corrected chi connectivity index (χ0v) is 13.3. The van der Waals surface area contributed by atoms with E-state index in [0.717, 1.165) is 12.2 Å². The number of benzene rings is 1. The van der Waals surface area contributed by atoms with E-state index in [1.54, 1.807) is 12.1 Å². The molecule has 0 spiro atoms. The Bertz CT molecular complexity index is 575. The maximum atomic E-state index is 12.8. The summed E-state index contributed by atoms with van der Waals surface area (Å²) in [6, 6.07) is 4.70. The van der Waals surface area contributed by atoms with Crippen molar-refractivity contribution < 1.29 is 13.2 Å². The van der Waals surface area contributed by atoms with Crippen molar-refractivity contribution in [3.05, 3.63) is 18.2 Å². The molecule has 1 aromatic carbocycles. The van der Waals surface area contributed by atoms with Gasteiger partial charge in [-0.1, -0.05) is 6.92 Å². The van der Waals surface area contributed by atoms with Gasteiger partial charge in [-0.3, -0.25) is 0 Å². The van der Waals surface area contributed by atoms with Gasteiger partial charge in [-0.15, -0.1) is 0 Å². The standard InChI is InChI=1S/C13H20N2O3S2/c1-3-11-9-15(6-7-19-11)20(16,17)13-8-10(14)4-5-12(13)18-2/h4-5,8,11H,3,6-7,9,14H2,1-2H3. The number of nitrogens with zero attached hydrogens (tertiary/aromatic N) is 1. The summed E-state index contributed by atoms with van der Waals surface area (Å²) < 4.78 is 32.2. The topological polar surface area (TPSA) is 72.6 Å². The number of anilines is 1. The Hall–Kier alpha value is -0.920. The van der Waals surface area contributed by atoms with Crippen LogP contribution in [0.4, 0.5) is 5.69 Å². The predicted octanol–water partition coefficient (Wildman–Crippen LogP) is 1.79. The monoisotopic (exact) mass is 316 g/mol.